The van der Waals surface area contributed by atoms with Crippen molar-refractivity contribution in [1.82, 2.24) is 9.47 Å². The summed E-state index contributed by atoms with van der Waals surface area (Å²) < 4.78 is 13.6. The lowest BCUT2D eigenvalue weighted by Crippen LogP contribution is -2.48. The van der Waals surface area contributed by atoms with E-state index >= 15 is 0 Å². The van der Waals surface area contributed by atoms with Crippen LogP contribution in [0.4, 0.5) is 4.79 Å². The van der Waals surface area contributed by atoms with Crippen LogP contribution in [-0.2, 0) is 33.0 Å². The molecule has 0 unspecified atom stereocenters. The number of nitrogens with zero attached hydrogens (tertiary/aromatic N) is 2. The van der Waals surface area contributed by atoms with Gasteiger partial charge in [0.15, 0.2) is 0 Å². The Labute approximate surface area is 263 Å². The first-order valence-corrected chi connectivity index (χ1v) is 15.4. The minimum Gasteiger partial charge on any atom is -0.459 e. The molecule has 1 aromatic heterocycles. The van der Waals surface area contributed by atoms with Gasteiger partial charge in [-0.25, -0.2) is 9.59 Å². The molecule has 6 nitrogen and oxygen atoms in total. The average Bonchev–Trinajstić information content (AvgIpc) is 3.65. The highest BCUT2D eigenvalue weighted by atomic mass is 16.6. The molecule has 2 heterocycles. The third-order valence-electron chi connectivity index (χ3n) is 8.82. The molecule has 7 rings (SSSR count). The Bertz CT molecular complexity index is 1860. The molecule has 1 aliphatic carbocycles. The van der Waals surface area contributed by atoms with E-state index in [1.54, 1.807) is 4.57 Å². The van der Waals surface area contributed by atoms with E-state index in [9.17, 15) is 9.59 Å². The van der Waals surface area contributed by atoms with Crippen LogP contribution in [0.1, 0.15) is 66.0 Å². The number of ether oxygens (including phenoxy) is 2. The number of aromatic nitrogens is 1. The van der Waals surface area contributed by atoms with Crippen LogP contribution in [0.5, 0.6) is 0 Å². The quantitative estimate of drug-likeness (QED) is 0.192. The number of benzene rings is 4. The summed E-state index contributed by atoms with van der Waals surface area (Å²) in [7, 11) is 0. The van der Waals surface area contributed by atoms with E-state index in [4.69, 9.17) is 9.47 Å². The van der Waals surface area contributed by atoms with Gasteiger partial charge in [-0.2, -0.15) is 0 Å². The topological polar surface area (TPSA) is 60.8 Å². The fraction of sp³-hybridized carbons (Fsp3) is 0.231. The SMILES string of the molecule is Cc1cc2c(n1C(=O)OC(C)(C)C)CN(C1(c3ccccc3)c3ccccc3-c3ccccc31)[C@@H]2C(=O)OCc1ccccc1. The van der Waals surface area contributed by atoms with Gasteiger partial charge in [0.25, 0.3) is 0 Å². The number of fused-ring (bicyclic) bond motifs is 4. The normalized spacial score (nSPS) is 16.5. The van der Waals surface area contributed by atoms with Crippen molar-refractivity contribution in [3.05, 3.63) is 154 Å². The summed E-state index contributed by atoms with van der Waals surface area (Å²) in [5.41, 5.74) is 7.06. The molecule has 0 N–H and O–H groups in total. The Kier molecular flexibility index (Phi) is 6.98. The number of hydrogen-bond donors (Lipinski definition) is 0. The summed E-state index contributed by atoms with van der Waals surface area (Å²) in [5, 5.41) is 0. The lowest BCUT2D eigenvalue weighted by atomic mass is 9.78. The van der Waals surface area contributed by atoms with Crippen LogP contribution >= 0.6 is 0 Å². The van der Waals surface area contributed by atoms with Crippen LogP contribution in [-0.4, -0.2) is 27.1 Å². The van der Waals surface area contributed by atoms with Gasteiger partial charge in [0.05, 0.1) is 5.54 Å². The van der Waals surface area contributed by atoms with Gasteiger partial charge in [-0.3, -0.25) is 9.47 Å². The molecule has 0 fully saturated rings. The van der Waals surface area contributed by atoms with Gasteiger partial charge >= 0.3 is 12.1 Å². The minimum atomic E-state index is -0.837. The van der Waals surface area contributed by atoms with Crippen LogP contribution in [0.3, 0.4) is 0 Å². The Hall–Kier alpha value is -4.94. The highest BCUT2D eigenvalue weighted by Gasteiger charge is 2.56. The van der Waals surface area contributed by atoms with Gasteiger partial charge in [-0.05, 0) is 67.1 Å². The van der Waals surface area contributed by atoms with Crippen LogP contribution < -0.4 is 0 Å². The summed E-state index contributed by atoms with van der Waals surface area (Å²) in [5.74, 6) is -0.365. The zero-order chi connectivity index (χ0) is 31.3. The van der Waals surface area contributed by atoms with Crippen molar-refractivity contribution in [1.29, 1.82) is 0 Å². The lowest BCUT2D eigenvalue weighted by molar-refractivity contribution is -0.153. The zero-order valence-corrected chi connectivity index (χ0v) is 26.0. The Morgan fingerprint density at radius 3 is 1.96 bits per heavy atom. The molecule has 0 saturated carbocycles. The first kappa shape index (κ1) is 28.8. The van der Waals surface area contributed by atoms with Crippen molar-refractivity contribution >= 4 is 12.1 Å². The number of carbonyl (C=O) groups is 2. The van der Waals surface area contributed by atoms with Crippen molar-refractivity contribution in [3.63, 3.8) is 0 Å². The van der Waals surface area contributed by atoms with E-state index in [0.29, 0.717) is 6.54 Å². The molecule has 1 atom stereocenters. The van der Waals surface area contributed by atoms with Crippen molar-refractivity contribution < 1.29 is 19.1 Å². The maximum Gasteiger partial charge on any atom is 0.418 e. The van der Waals surface area contributed by atoms with E-state index in [1.807, 2.05) is 82.3 Å². The molecule has 1 aliphatic heterocycles. The maximum absolute atomic E-state index is 14.5. The van der Waals surface area contributed by atoms with Crippen LogP contribution in [0.25, 0.3) is 11.1 Å². The molecule has 226 valence electrons. The van der Waals surface area contributed by atoms with Gasteiger partial charge < -0.3 is 9.47 Å². The van der Waals surface area contributed by atoms with Crippen molar-refractivity contribution in [2.45, 2.75) is 58.0 Å². The van der Waals surface area contributed by atoms with E-state index in [-0.39, 0.29) is 12.6 Å². The van der Waals surface area contributed by atoms with Crippen molar-refractivity contribution in [2.24, 2.45) is 0 Å². The van der Waals surface area contributed by atoms with Crippen molar-refractivity contribution in [2.75, 3.05) is 0 Å². The largest absolute Gasteiger partial charge is 0.459 e. The molecule has 0 spiro atoms. The second-order valence-electron chi connectivity index (χ2n) is 12.8. The second kappa shape index (κ2) is 10.9. The number of hydrogen-bond acceptors (Lipinski definition) is 5. The Balaban J connectivity index is 1.45. The van der Waals surface area contributed by atoms with E-state index in [0.717, 1.165) is 50.3 Å². The molecule has 2 aliphatic rings. The van der Waals surface area contributed by atoms with Crippen molar-refractivity contribution in [3.8, 4) is 11.1 Å². The number of carbonyl (C=O) groups excluding carboxylic acids is 2. The molecule has 0 bridgehead atoms. The Morgan fingerprint density at radius 2 is 1.36 bits per heavy atom. The number of aryl methyl sites for hydroxylation is 1. The first-order chi connectivity index (χ1) is 21.7. The average molecular weight is 597 g/mol. The van der Waals surface area contributed by atoms with Crippen LogP contribution in [0.15, 0.2) is 115 Å². The summed E-state index contributed by atoms with van der Waals surface area (Å²) in [6.45, 7) is 7.93. The number of rotatable bonds is 5. The highest BCUT2D eigenvalue weighted by Crippen LogP contribution is 2.58. The number of esters is 1. The fourth-order valence-corrected chi connectivity index (χ4v) is 7.15. The van der Waals surface area contributed by atoms with Gasteiger partial charge in [0, 0.05) is 23.5 Å². The third kappa shape index (κ3) is 4.68. The molecule has 45 heavy (non-hydrogen) atoms. The minimum absolute atomic E-state index is 0.149. The maximum atomic E-state index is 14.5. The summed E-state index contributed by atoms with van der Waals surface area (Å²) in [6.07, 6.45) is -0.458. The van der Waals surface area contributed by atoms with Gasteiger partial charge in [0.2, 0.25) is 0 Å². The van der Waals surface area contributed by atoms with Gasteiger partial charge in [-0.15, -0.1) is 0 Å². The molecule has 0 radical (unpaired) electrons. The summed E-state index contributed by atoms with van der Waals surface area (Å²) >= 11 is 0. The fourth-order valence-electron chi connectivity index (χ4n) is 7.15. The predicted octanol–water partition coefficient (Wildman–Crippen LogP) is 8.15. The van der Waals surface area contributed by atoms with E-state index in [2.05, 4.69) is 65.6 Å². The monoisotopic (exact) mass is 596 g/mol. The highest BCUT2D eigenvalue weighted by molar-refractivity contribution is 5.86. The standard InChI is InChI=1S/C39H36N2O4/c1-26-23-31-34(41(26)37(43)45-38(2,3)4)24-40(35(31)36(42)44-25-27-15-7-5-8-16-27)39(28-17-9-6-10-18-28)32-21-13-11-19-29(32)30-20-12-14-22-33(30)39/h5-23,35H,24-25H2,1-4H3/t35-/m0/s1. The molecule has 4 aromatic carbocycles. The lowest BCUT2D eigenvalue weighted by Gasteiger charge is -2.44. The predicted molar refractivity (Wildman–Crippen MR) is 174 cm³/mol. The molecule has 0 amide bonds. The Morgan fingerprint density at radius 1 is 0.800 bits per heavy atom. The first-order valence-electron chi connectivity index (χ1n) is 15.4. The van der Waals surface area contributed by atoms with E-state index < -0.39 is 23.3 Å². The molecule has 0 saturated heterocycles. The molecule has 5 aromatic rings. The third-order valence-corrected chi connectivity index (χ3v) is 8.82. The molecule has 6 heteroatoms. The zero-order valence-electron chi connectivity index (χ0n) is 26.0. The van der Waals surface area contributed by atoms with Gasteiger partial charge in [0.1, 0.15) is 18.2 Å². The molecular weight excluding hydrogens is 560 g/mol. The van der Waals surface area contributed by atoms with Crippen LogP contribution in [0, 0.1) is 6.92 Å². The van der Waals surface area contributed by atoms with Gasteiger partial charge in [-0.1, -0.05) is 109 Å². The van der Waals surface area contributed by atoms with Crippen LogP contribution in [0.2, 0.25) is 0 Å². The van der Waals surface area contributed by atoms with E-state index in [1.165, 1.54) is 0 Å². The summed E-state index contributed by atoms with van der Waals surface area (Å²) in [4.78, 5) is 30.4. The summed E-state index contributed by atoms with van der Waals surface area (Å²) in [6, 6.07) is 38.0. The smallest absolute Gasteiger partial charge is 0.418 e. The molecular formula is C39H36N2O4. The second-order valence-corrected chi connectivity index (χ2v) is 12.8.